The number of likely N-dealkylation sites (tertiary alicyclic amines) is 1. The van der Waals surface area contributed by atoms with Crippen molar-refractivity contribution in [1.82, 2.24) is 15.1 Å². The van der Waals surface area contributed by atoms with Gasteiger partial charge in [0.1, 0.15) is 12.6 Å². The Hall–Kier alpha value is -5.69. The third kappa shape index (κ3) is 9.87. The number of alkyl carbamates (subject to hydrolysis) is 1. The molecular weight excluding hydrogens is 735 g/mol. The minimum absolute atomic E-state index is 0.0467. The van der Waals surface area contributed by atoms with Crippen molar-refractivity contribution < 1.29 is 38.8 Å². The summed E-state index contributed by atoms with van der Waals surface area (Å²) >= 11 is 0. The van der Waals surface area contributed by atoms with Gasteiger partial charge in [0.05, 0.1) is 37.9 Å². The van der Waals surface area contributed by atoms with Gasteiger partial charge >= 0.3 is 6.09 Å². The van der Waals surface area contributed by atoms with Crippen LogP contribution in [0.2, 0.25) is 0 Å². The van der Waals surface area contributed by atoms with Gasteiger partial charge in [0.2, 0.25) is 5.91 Å². The number of benzene rings is 5. The second-order valence-corrected chi connectivity index (χ2v) is 15.0. The zero-order valence-corrected chi connectivity index (χ0v) is 32.6. The Morgan fingerprint density at radius 1 is 0.828 bits per heavy atom. The Balaban J connectivity index is 1.04. The number of ether oxygens (including phenoxy) is 3. The minimum Gasteiger partial charge on any atom is -0.445 e. The summed E-state index contributed by atoms with van der Waals surface area (Å²) in [6.07, 6.45) is -2.20. The average molecular weight is 784 g/mol. The zero-order valence-electron chi connectivity index (χ0n) is 32.6. The molecule has 2 heterocycles. The number of rotatable bonds is 14. The van der Waals surface area contributed by atoms with Crippen LogP contribution in [0.1, 0.15) is 71.6 Å². The van der Waals surface area contributed by atoms with Crippen LogP contribution in [0.15, 0.2) is 133 Å². The van der Waals surface area contributed by atoms with Crippen molar-refractivity contribution in [2.75, 3.05) is 13.6 Å². The molecular formula is C47H49N3O8. The molecule has 6 atom stereocenters. The highest BCUT2D eigenvalue weighted by Gasteiger charge is 2.40. The lowest BCUT2D eigenvalue weighted by Crippen LogP contribution is -2.43. The SMILES string of the molecule is C[C@H]([C@@H](O)c1ccccc1)N(C)C[C@@H]1C[C@H](c2ccc(CO)cc2)O[C@H](c2cccc(-c3cccc(CN4C(=O)CC(NC(=O)OCc5ccccc5)C4=O)c3)c2)O1. The summed E-state index contributed by atoms with van der Waals surface area (Å²) < 4.78 is 18.6. The summed E-state index contributed by atoms with van der Waals surface area (Å²) in [7, 11) is 1.99. The molecule has 11 nitrogen and oxygen atoms in total. The summed E-state index contributed by atoms with van der Waals surface area (Å²) in [4.78, 5) is 42.0. The number of hydrogen-bond acceptors (Lipinski definition) is 9. The molecule has 0 spiro atoms. The molecule has 11 heteroatoms. The standard InChI is InChI=1S/C47H49N3O8/c1-31(44(53)36-14-7-4-8-15-36)49(2)28-40-25-42(35-21-19-32(29-51)20-22-35)58-46(57-40)39-18-10-17-38(24-39)37-16-9-13-34(23-37)27-50-43(52)26-41(45(50)54)48-47(55)56-30-33-11-5-3-6-12-33/h3-24,31,40-42,44,46,51,53H,25-30H2,1-2H3,(H,48,55)/t31-,40+,41?,42-,44-,46-/m1/s1. The van der Waals surface area contributed by atoms with Crippen LogP contribution in [0.25, 0.3) is 11.1 Å². The van der Waals surface area contributed by atoms with Crippen LogP contribution >= 0.6 is 0 Å². The van der Waals surface area contributed by atoms with E-state index in [0.29, 0.717) is 13.0 Å². The van der Waals surface area contributed by atoms with E-state index in [0.717, 1.165) is 44.5 Å². The number of hydrogen-bond donors (Lipinski definition) is 3. The number of aliphatic hydroxyl groups excluding tert-OH is 2. The van der Waals surface area contributed by atoms with Gasteiger partial charge in [-0.2, -0.15) is 0 Å². The molecule has 5 aromatic carbocycles. The predicted molar refractivity (Wildman–Crippen MR) is 218 cm³/mol. The van der Waals surface area contributed by atoms with Gasteiger partial charge in [-0.3, -0.25) is 19.4 Å². The Labute approximate surface area is 338 Å². The van der Waals surface area contributed by atoms with Gasteiger partial charge in [0.25, 0.3) is 5.91 Å². The normalized spacial score (nSPS) is 20.5. The first-order valence-electron chi connectivity index (χ1n) is 19.6. The van der Waals surface area contributed by atoms with Gasteiger partial charge in [0, 0.05) is 24.6 Å². The molecule has 0 bridgehead atoms. The van der Waals surface area contributed by atoms with Crippen LogP contribution in [0.3, 0.4) is 0 Å². The van der Waals surface area contributed by atoms with Crippen molar-refractivity contribution in [1.29, 1.82) is 0 Å². The molecule has 0 saturated carbocycles. The number of nitrogens with zero attached hydrogens (tertiary/aromatic N) is 2. The van der Waals surface area contributed by atoms with Crippen molar-refractivity contribution in [3.8, 4) is 11.1 Å². The minimum atomic E-state index is -0.997. The molecule has 1 unspecified atom stereocenters. The third-order valence-electron chi connectivity index (χ3n) is 10.9. The van der Waals surface area contributed by atoms with Crippen LogP contribution in [0.5, 0.6) is 0 Å². The summed E-state index contributed by atoms with van der Waals surface area (Å²) in [5, 5.41) is 23.4. The number of carbonyl (C=O) groups excluding carboxylic acids is 3. The first kappa shape index (κ1) is 40.5. The highest BCUT2D eigenvalue weighted by Crippen LogP contribution is 2.39. The fourth-order valence-corrected chi connectivity index (χ4v) is 7.46. The molecule has 0 radical (unpaired) electrons. The molecule has 2 fully saturated rings. The van der Waals surface area contributed by atoms with E-state index >= 15 is 0 Å². The maximum atomic E-state index is 13.3. The lowest BCUT2D eigenvalue weighted by Gasteiger charge is -2.39. The average Bonchev–Trinajstić information content (AvgIpc) is 3.52. The Morgan fingerprint density at radius 3 is 2.22 bits per heavy atom. The molecule has 58 heavy (non-hydrogen) atoms. The zero-order chi connectivity index (χ0) is 40.6. The third-order valence-corrected chi connectivity index (χ3v) is 10.9. The lowest BCUT2D eigenvalue weighted by molar-refractivity contribution is -0.253. The monoisotopic (exact) mass is 783 g/mol. The van der Waals surface area contributed by atoms with Gasteiger partial charge in [-0.1, -0.05) is 121 Å². The molecule has 3 N–H and O–H groups in total. The van der Waals surface area contributed by atoms with E-state index in [9.17, 15) is 24.6 Å². The largest absolute Gasteiger partial charge is 0.445 e. The smallest absolute Gasteiger partial charge is 0.408 e. The Bertz CT molecular complexity index is 2170. The summed E-state index contributed by atoms with van der Waals surface area (Å²) in [6, 6.07) is 41.0. The first-order chi connectivity index (χ1) is 28.1. The topological polar surface area (TPSA) is 138 Å². The molecule has 2 saturated heterocycles. The molecule has 5 aromatic rings. The quantitative estimate of drug-likeness (QED) is 0.102. The number of amides is 3. The number of carbonyl (C=O) groups is 3. The number of aliphatic hydroxyl groups is 2. The van der Waals surface area contributed by atoms with Crippen molar-refractivity contribution in [2.45, 2.75) is 76.2 Å². The van der Waals surface area contributed by atoms with Gasteiger partial charge in [-0.15, -0.1) is 0 Å². The van der Waals surface area contributed by atoms with E-state index in [1.165, 1.54) is 4.90 Å². The van der Waals surface area contributed by atoms with Crippen molar-refractivity contribution in [3.63, 3.8) is 0 Å². The Kier molecular flexibility index (Phi) is 13.1. The molecule has 0 aliphatic carbocycles. The highest BCUT2D eigenvalue weighted by molar-refractivity contribution is 6.06. The van der Waals surface area contributed by atoms with Gasteiger partial charge in [-0.05, 0) is 65.0 Å². The van der Waals surface area contributed by atoms with Crippen LogP contribution < -0.4 is 5.32 Å². The van der Waals surface area contributed by atoms with Crippen LogP contribution in [0, 0.1) is 0 Å². The number of likely N-dealkylation sites (N-methyl/N-ethyl adjacent to an activating group) is 1. The molecule has 0 aromatic heterocycles. The second-order valence-electron chi connectivity index (χ2n) is 15.0. The Morgan fingerprint density at radius 2 is 1.50 bits per heavy atom. The van der Waals surface area contributed by atoms with E-state index in [2.05, 4.69) is 10.2 Å². The molecule has 2 aliphatic rings. The van der Waals surface area contributed by atoms with Gasteiger partial charge in [0.15, 0.2) is 6.29 Å². The molecule has 300 valence electrons. The first-order valence-corrected chi connectivity index (χ1v) is 19.6. The number of nitrogens with one attached hydrogen (secondary N) is 1. The molecule has 2 aliphatic heterocycles. The second kappa shape index (κ2) is 18.7. The van der Waals surface area contributed by atoms with Crippen molar-refractivity contribution in [2.24, 2.45) is 0 Å². The van der Waals surface area contributed by atoms with Crippen LogP contribution in [-0.4, -0.2) is 69.7 Å². The summed E-state index contributed by atoms with van der Waals surface area (Å²) in [5.74, 6) is -0.854. The highest BCUT2D eigenvalue weighted by atomic mass is 16.7. The fraction of sp³-hybridized carbons (Fsp3) is 0.298. The maximum Gasteiger partial charge on any atom is 0.408 e. The maximum absolute atomic E-state index is 13.3. The molecule has 3 amide bonds. The van der Waals surface area contributed by atoms with Crippen LogP contribution in [-0.2, 0) is 43.6 Å². The predicted octanol–water partition coefficient (Wildman–Crippen LogP) is 7.00. The number of imide groups is 1. The van der Waals surface area contributed by atoms with E-state index in [1.54, 1.807) is 0 Å². The van der Waals surface area contributed by atoms with E-state index in [-0.39, 0.29) is 50.3 Å². The van der Waals surface area contributed by atoms with E-state index in [4.69, 9.17) is 14.2 Å². The van der Waals surface area contributed by atoms with E-state index in [1.807, 2.05) is 147 Å². The van der Waals surface area contributed by atoms with Gasteiger partial charge in [-0.25, -0.2) is 4.79 Å². The summed E-state index contributed by atoms with van der Waals surface area (Å²) in [5.41, 5.74) is 6.81. The van der Waals surface area contributed by atoms with Gasteiger partial charge < -0.3 is 29.7 Å². The fourth-order valence-electron chi connectivity index (χ4n) is 7.46. The van der Waals surface area contributed by atoms with Crippen molar-refractivity contribution in [3.05, 3.63) is 167 Å². The molecule has 7 rings (SSSR count). The summed E-state index contributed by atoms with van der Waals surface area (Å²) in [6.45, 7) is 2.62. The lowest BCUT2D eigenvalue weighted by atomic mass is 9.97. The van der Waals surface area contributed by atoms with Crippen molar-refractivity contribution >= 4 is 17.9 Å². The van der Waals surface area contributed by atoms with Crippen LogP contribution in [0.4, 0.5) is 4.79 Å². The van der Waals surface area contributed by atoms with E-state index < -0.39 is 30.4 Å².